The fourth-order valence-corrected chi connectivity index (χ4v) is 14.2. The molecule has 0 saturated carbocycles. The number of hydrogen-bond acceptors (Lipinski definition) is 30. The van der Waals surface area contributed by atoms with Gasteiger partial charge in [0.05, 0.1) is 66.2 Å². The molecule has 0 amide bonds. The van der Waals surface area contributed by atoms with Crippen LogP contribution in [0.1, 0.15) is 63.7 Å². The summed E-state index contributed by atoms with van der Waals surface area (Å²) in [6, 6.07) is 29.3. The van der Waals surface area contributed by atoms with Gasteiger partial charge in [0.25, 0.3) is 60.7 Å². The summed E-state index contributed by atoms with van der Waals surface area (Å²) in [5, 5.41) is 15.1. The molecule has 44 heteroatoms. The molecule has 12 rings (SSSR count). The van der Waals surface area contributed by atoms with Crippen LogP contribution in [0.4, 0.5) is 80.7 Å². The molecule has 0 fully saturated rings. The summed E-state index contributed by atoms with van der Waals surface area (Å²) in [5.41, 5.74) is 7.51. The Kier molecular flexibility index (Phi) is 18.9. The van der Waals surface area contributed by atoms with Crippen molar-refractivity contribution < 1.29 is 97.0 Å². The Morgan fingerprint density at radius 3 is 0.971 bits per heavy atom. The summed E-state index contributed by atoms with van der Waals surface area (Å²) in [5.74, 6) is -4.19. The smallest absolute Gasteiger partial charge is 0.296 e. The third kappa shape index (κ3) is 15.2. The van der Waals surface area contributed by atoms with Crippen molar-refractivity contribution in [2.75, 3.05) is 43.4 Å². The Bertz CT molecular complexity index is 6070. The molecule has 102 heavy (non-hydrogen) atoms. The number of aromatic nitrogens is 6. The highest BCUT2D eigenvalue weighted by Gasteiger charge is 2.39. The summed E-state index contributed by atoms with van der Waals surface area (Å²) in [4.78, 5) is 73.6. The molecule has 0 radical (unpaired) electrons. The average molecular weight is 1550 g/mol. The zero-order chi connectivity index (χ0) is 74.1. The lowest BCUT2D eigenvalue weighted by Crippen LogP contribution is -2.25. The number of nitrogen functional groups attached to an aromatic ring is 2. The van der Waals surface area contributed by atoms with E-state index in [1.807, 2.05) is 0 Å². The molecule has 0 aliphatic heterocycles. The minimum atomic E-state index is -5.06. The van der Waals surface area contributed by atoms with Crippen molar-refractivity contribution in [3.63, 3.8) is 0 Å². The van der Waals surface area contributed by atoms with Crippen LogP contribution in [0.3, 0.4) is 0 Å². The number of fused-ring (bicyclic) bond motifs is 4. The van der Waals surface area contributed by atoms with Gasteiger partial charge in [-0.2, -0.15) is 80.4 Å². The van der Waals surface area contributed by atoms with E-state index in [0.717, 1.165) is 60.7 Å². The topological polar surface area (TPSA) is 596 Å². The number of halogens is 2. The number of rotatable bonds is 18. The van der Waals surface area contributed by atoms with E-state index in [-0.39, 0.29) is 113 Å². The van der Waals surface area contributed by atoms with E-state index in [0.29, 0.717) is 0 Å². The molecule has 2 aliphatic carbocycles. The Labute approximate surface area is 584 Å². The van der Waals surface area contributed by atoms with Crippen LogP contribution >= 0.6 is 23.2 Å². The van der Waals surface area contributed by atoms with Gasteiger partial charge >= 0.3 is 0 Å². The van der Waals surface area contributed by atoms with Crippen molar-refractivity contribution in [1.29, 1.82) is 0 Å². The number of ketones is 4. The van der Waals surface area contributed by atoms with Crippen molar-refractivity contribution in [3.05, 3.63) is 201 Å². The van der Waals surface area contributed by atoms with Gasteiger partial charge in [-0.3, -0.25) is 46.5 Å². The van der Waals surface area contributed by atoms with Crippen LogP contribution in [0.5, 0.6) is 0 Å². The molecule has 2 aliphatic rings. The lowest BCUT2D eigenvalue weighted by molar-refractivity contribution is 0.0980. The Hall–Kier alpha value is -11.1. The quantitative estimate of drug-likeness (QED) is 0.0289. The Morgan fingerprint density at radius 2 is 0.618 bits per heavy atom. The second kappa shape index (κ2) is 26.8. The maximum atomic E-state index is 13.6. The van der Waals surface area contributed by atoms with E-state index in [1.54, 1.807) is 0 Å². The minimum Gasteiger partial charge on any atom is -0.397 e. The average Bonchev–Trinajstić information content (AvgIpc) is 0.734. The second-order valence-electron chi connectivity index (χ2n) is 21.2. The molecule has 36 nitrogen and oxygen atoms in total. The predicted octanol–water partition coefficient (Wildman–Crippen LogP) is 7.71. The van der Waals surface area contributed by atoms with Crippen molar-refractivity contribution >= 4 is 188 Å². The van der Waals surface area contributed by atoms with Gasteiger partial charge in [-0.1, -0.05) is 54.6 Å². The van der Waals surface area contributed by atoms with Gasteiger partial charge in [0.2, 0.25) is 34.4 Å². The molecule has 0 bridgehead atoms. The van der Waals surface area contributed by atoms with E-state index >= 15 is 0 Å². The summed E-state index contributed by atoms with van der Waals surface area (Å²) < 4.78 is 203. The van der Waals surface area contributed by atoms with Crippen molar-refractivity contribution in [2.45, 2.75) is 29.4 Å². The van der Waals surface area contributed by atoms with Gasteiger partial charge in [-0.15, -0.1) is 0 Å². The van der Waals surface area contributed by atoms with Gasteiger partial charge in [-0.25, -0.2) is 0 Å². The predicted molar refractivity (Wildman–Crippen MR) is 362 cm³/mol. The highest BCUT2D eigenvalue weighted by molar-refractivity contribution is 7.87. The first kappa shape index (κ1) is 72.2. The van der Waals surface area contributed by atoms with Gasteiger partial charge < -0.3 is 43.4 Å². The van der Waals surface area contributed by atoms with E-state index in [1.165, 1.54) is 84.9 Å². The summed E-state index contributed by atoms with van der Waals surface area (Å²) in [6.07, 6.45) is 0. The zero-order valence-electron chi connectivity index (χ0n) is 50.1. The summed E-state index contributed by atoms with van der Waals surface area (Å²) >= 11 is 12.0. The number of benzene rings is 8. The number of hydrogen-bond donors (Lipinski definition) is 14. The van der Waals surface area contributed by atoms with Crippen LogP contribution in [0.2, 0.25) is 10.6 Å². The molecular weight excluding hydrogens is 1510 g/mol. The third-order valence-electron chi connectivity index (χ3n) is 14.5. The van der Waals surface area contributed by atoms with Crippen LogP contribution in [0.25, 0.3) is 0 Å². The van der Waals surface area contributed by atoms with Crippen LogP contribution in [-0.2, 0) is 60.7 Å². The Balaban J connectivity index is 0.000000205. The van der Waals surface area contributed by atoms with Gasteiger partial charge in [0, 0.05) is 45.0 Å². The molecule has 10 aromatic rings. The summed E-state index contributed by atoms with van der Waals surface area (Å²) in [7, 11) is -29.2. The lowest BCUT2D eigenvalue weighted by Gasteiger charge is -2.24. The number of anilines is 14. The Morgan fingerprint density at radius 1 is 0.294 bits per heavy atom. The van der Waals surface area contributed by atoms with Crippen molar-refractivity contribution in [3.8, 4) is 0 Å². The first-order valence-corrected chi connectivity index (χ1v) is 37.1. The fraction of sp³-hybridized carbons (Fsp3) is 0. The van der Waals surface area contributed by atoms with Crippen molar-refractivity contribution in [1.82, 2.24) is 29.9 Å². The molecule has 0 unspecified atom stereocenters. The van der Waals surface area contributed by atoms with E-state index in [2.05, 4.69) is 61.8 Å². The molecule has 524 valence electrons. The normalized spacial score (nSPS) is 12.9. The minimum absolute atomic E-state index is 0.0183. The zero-order valence-corrected chi connectivity index (χ0v) is 56.5. The fourth-order valence-electron chi connectivity index (χ4n) is 10.2. The highest BCUT2D eigenvalue weighted by Crippen LogP contribution is 2.43. The van der Waals surface area contributed by atoms with E-state index in [4.69, 9.17) is 34.7 Å². The van der Waals surface area contributed by atoms with E-state index < -0.39 is 136 Å². The molecule has 2 aromatic heterocycles. The van der Waals surface area contributed by atoms with Crippen LogP contribution in [0, 0.1) is 0 Å². The van der Waals surface area contributed by atoms with Gasteiger partial charge in [0.15, 0.2) is 23.1 Å². The molecule has 0 atom stereocenters. The largest absolute Gasteiger partial charge is 0.397 e. The molecule has 16 N–H and O–H groups in total. The standard InChI is InChI=1S/2C29H20ClN7O11S3/c30-27-35-28(33-13-4-3-5-15(10-13)49(40,41)42)37-29(36-27)34-18-9-8-14(11-20(18)50(43,44)45)32-19-12-21(51(46,47)48)24(31)23-22(19)25(38)16-6-1-2-7-17(16)26(23)39;30-27-35-28(33-13-5-8-15(9-6-13)49(40,41)42)37-29(36-27)34-18-10-7-14(11-20(18)50(43,44)45)32-19-12-21(51(46,47)48)24(31)23-22(19)25(38)16-3-1-2-4-17(16)26(23)39/h2*1-12,32H,31H2,(H,40,41,42)(H,43,44,45)(H,46,47,48)(H2,33,34,35,36,37). The molecule has 8 aromatic carbocycles. The van der Waals surface area contributed by atoms with Crippen LogP contribution in [-0.4, -0.2) is 131 Å². The third-order valence-corrected chi connectivity index (χ3v) is 20.2. The first-order valence-electron chi connectivity index (χ1n) is 27.7. The summed E-state index contributed by atoms with van der Waals surface area (Å²) in [6.45, 7) is 0. The maximum absolute atomic E-state index is 13.6. The maximum Gasteiger partial charge on any atom is 0.296 e. The first-order chi connectivity index (χ1) is 47.6. The molecule has 0 saturated heterocycles. The van der Waals surface area contributed by atoms with Crippen molar-refractivity contribution in [2.24, 2.45) is 0 Å². The number of nitrogens with zero attached hydrogens (tertiary/aromatic N) is 6. The van der Waals surface area contributed by atoms with E-state index in [9.17, 15) is 97.0 Å². The van der Waals surface area contributed by atoms with Crippen LogP contribution in [0.15, 0.2) is 175 Å². The number of nitrogens with two attached hydrogens (primary N) is 2. The SMILES string of the molecule is Nc1c(S(=O)(=O)O)cc(Nc2ccc(Nc3nc(Cl)nc(Nc4ccc(S(=O)(=O)O)cc4)n3)c(S(=O)(=O)O)c2)c2c1C(=O)c1ccccc1C2=O.Nc1c(S(=O)(=O)O)cc(Nc2ccc(Nc3nc(Cl)nc(Nc4cccc(S(=O)(=O)O)c4)n3)c(S(=O)(=O)O)c2)c2c1C(=O)c1ccccc1C2=O. The van der Waals surface area contributed by atoms with Gasteiger partial charge in [0.1, 0.15) is 19.6 Å². The second-order valence-corrected chi connectivity index (χ2v) is 30.2. The highest BCUT2D eigenvalue weighted by atomic mass is 35.5. The molecule has 2 heterocycles. The molecular formula is C58H40Cl2N14O22S6. The number of carbonyl (C=O) groups is 4. The number of nitrogens with one attached hydrogen (secondary N) is 6. The van der Waals surface area contributed by atoms with Gasteiger partial charge in [-0.05, 0) is 114 Å². The van der Waals surface area contributed by atoms with Crippen LogP contribution < -0.4 is 43.4 Å². The molecule has 0 spiro atoms. The monoisotopic (exact) mass is 1550 g/mol. The lowest BCUT2D eigenvalue weighted by atomic mass is 9.82. The number of carbonyl (C=O) groups excluding carboxylic acids is 4.